The van der Waals surface area contributed by atoms with Crippen molar-refractivity contribution in [2.75, 3.05) is 11.9 Å². The molecular weight excluding hydrogens is 323 g/mol. The Bertz CT molecular complexity index is 728. The van der Waals surface area contributed by atoms with E-state index in [1.54, 1.807) is 12.5 Å². The van der Waals surface area contributed by atoms with Gasteiger partial charge in [0.05, 0.1) is 28.9 Å². The minimum Gasteiger partial charge on any atom is -0.358 e. The molecule has 1 unspecified atom stereocenters. The summed E-state index contributed by atoms with van der Waals surface area (Å²) in [4.78, 5) is 15.0. The Morgan fingerprint density at radius 1 is 1.48 bits per heavy atom. The number of carbonyl (C=O) groups is 1. The fraction of sp³-hybridized carbons (Fsp3) is 0.333. The number of aromatic nitrogens is 2. The first kappa shape index (κ1) is 15.8. The van der Waals surface area contributed by atoms with Gasteiger partial charge in [0.25, 0.3) is 0 Å². The number of hydrogen-bond acceptors (Lipinski definition) is 3. The molecule has 1 atom stereocenters. The minimum atomic E-state index is -0.853. The first-order chi connectivity index (χ1) is 11.1. The molecule has 2 amide bonds. The van der Waals surface area contributed by atoms with Gasteiger partial charge in [-0.3, -0.25) is 0 Å². The van der Waals surface area contributed by atoms with E-state index < -0.39 is 11.8 Å². The Morgan fingerprint density at radius 2 is 2.30 bits per heavy atom. The highest BCUT2D eigenvalue weighted by Gasteiger charge is 2.21. The lowest BCUT2D eigenvalue weighted by Crippen LogP contribution is -2.20. The number of primary amides is 1. The minimum absolute atomic E-state index is 0.0637. The molecule has 0 bridgehead atoms. The molecule has 0 aliphatic carbocycles. The fourth-order valence-corrected chi connectivity index (χ4v) is 2.92. The van der Waals surface area contributed by atoms with Crippen molar-refractivity contribution in [1.82, 2.24) is 9.55 Å². The van der Waals surface area contributed by atoms with Gasteiger partial charge in [-0.25, -0.2) is 14.2 Å². The number of nitrogens with zero attached hydrogens (tertiary/aromatic N) is 2. The van der Waals surface area contributed by atoms with Crippen molar-refractivity contribution in [2.24, 2.45) is 5.73 Å². The largest absolute Gasteiger partial charge is 0.358 e. The van der Waals surface area contributed by atoms with Crippen LogP contribution in [0.1, 0.15) is 25.5 Å². The Hall–Kier alpha value is -2.12. The van der Waals surface area contributed by atoms with Gasteiger partial charge in [-0.2, -0.15) is 0 Å². The van der Waals surface area contributed by atoms with Gasteiger partial charge in [-0.05, 0) is 31.4 Å². The van der Waals surface area contributed by atoms with Gasteiger partial charge >= 0.3 is 6.03 Å². The third-order valence-corrected chi connectivity index (χ3v) is 4.04. The van der Waals surface area contributed by atoms with Gasteiger partial charge in [0, 0.05) is 12.2 Å². The molecule has 1 saturated heterocycles. The van der Waals surface area contributed by atoms with Crippen molar-refractivity contribution in [2.45, 2.75) is 25.5 Å². The number of amides is 2. The molecule has 2 heterocycles. The maximum absolute atomic E-state index is 14.2. The van der Waals surface area contributed by atoms with Crippen LogP contribution in [0.25, 0.3) is 11.3 Å². The maximum atomic E-state index is 14.2. The van der Waals surface area contributed by atoms with E-state index >= 15 is 0 Å². The van der Waals surface area contributed by atoms with Crippen LogP contribution in [0.3, 0.4) is 0 Å². The second-order valence-corrected chi connectivity index (χ2v) is 5.72. The van der Waals surface area contributed by atoms with Gasteiger partial charge in [0.1, 0.15) is 12.0 Å². The molecule has 1 aromatic carbocycles. The third kappa shape index (κ3) is 3.30. The van der Waals surface area contributed by atoms with E-state index in [0.717, 1.165) is 19.3 Å². The molecule has 1 aromatic heterocycles. The lowest BCUT2D eigenvalue weighted by molar-refractivity contribution is -0.0310. The monoisotopic (exact) mass is 338 g/mol. The Kier molecular flexibility index (Phi) is 4.49. The van der Waals surface area contributed by atoms with E-state index in [1.807, 2.05) is 4.57 Å². The van der Waals surface area contributed by atoms with Crippen LogP contribution in [0, 0.1) is 5.82 Å². The average Bonchev–Trinajstić information content (AvgIpc) is 3.00. The highest BCUT2D eigenvalue weighted by molar-refractivity contribution is 6.33. The predicted molar refractivity (Wildman–Crippen MR) is 84.7 cm³/mol. The van der Waals surface area contributed by atoms with Crippen molar-refractivity contribution in [3.63, 3.8) is 0 Å². The zero-order valence-corrected chi connectivity index (χ0v) is 13.0. The van der Waals surface area contributed by atoms with Gasteiger partial charge < -0.3 is 20.4 Å². The van der Waals surface area contributed by atoms with E-state index in [4.69, 9.17) is 22.1 Å². The maximum Gasteiger partial charge on any atom is 0.316 e. The number of ether oxygens (including phenoxy) is 1. The average molecular weight is 339 g/mol. The number of anilines is 1. The second kappa shape index (κ2) is 6.55. The number of nitrogens with two attached hydrogens (primary N) is 1. The summed E-state index contributed by atoms with van der Waals surface area (Å²) in [6.07, 6.45) is 6.08. The van der Waals surface area contributed by atoms with Crippen LogP contribution in [0.4, 0.5) is 14.9 Å². The summed E-state index contributed by atoms with van der Waals surface area (Å²) < 4.78 is 21.8. The van der Waals surface area contributed by atoms with Crippen LogP contribution in [0.5, 0.6) is 0 Å². The number of imidazole rings is 1. The molecule has 3 rings (SSSR count). The van der Waals surface area contributed by atoms with Gasteiger partial charge in [0.2, 0.25) is 0 Å². The number of urea groups is 1. The fourth-order valence-electron chi connectivity index (χ4n) is 2.66. The summed E-state index contributed by atoms with van der Waals surface area (Å²) in [5, 5.41) is 2.48. The normalized spacial score (nSPS) is 17.9. The molecule has 6 nitrogen and oxygen atoms in total. The number of carbonyl (C=O) groups excluding carboxylic acids is 1. The van der Waals surface area contributed by atoms with E-state index in [9.17, 15) is 9.18 Å². The topological polar surface area (TPSA) is 82.2 Å². The number of rotatable bonds is 3. The quantitative estimate of drug-likeness (QED) is 0.898. The highest BCUT2D eigenvalue weighted by atomic mass is 35.5. The SMILES string of the molecule is NC(=O)Nc1cc(Cl)c(-c2cncn2C2CCCCO2)cc1F. The smallest absolute Gasteiger partial charge is 0.316 e. The Labute approximate surface area is 137 Å². The number of hydrogen-bond donors (Lipinski definition) is 2. The molecule has 1 fully saturated rings. The number of halogens is 2. The molecule has 0 saturated carbocycles. The molecule has 23 heavy (non-hydrogen) atoms. The summed E-state index contributed by atoms with van der Waals surface area (Å²) in [6.45, 7) is 0.686. The summed E-state index contributed by atoms with van der Waals surface area (Å²) in [5.41, 5.74) is 6.08. The Morgan fingerprint density at radius 3 is 3.00 bits per heavy atom. The summed E-state index contributed by atoms with van der Waals surface area (Å²) in [5.74, 6) is -0.625. The van der Waals surface area contributed by atoms with Gasteiger partial charge in [0.15, 0.2) is 0 Å². The predicted octanol–water partition coefficient (Wildman–Crippen LogP) is 3.53. The van der Waals surface area contributed by atoms with Crippen LogP contribution in [-0.4, -0.2) is 22.2 Å². The van der Waals surface area contributed by atoms with Crippen LogP contribution >= 0.6 is 11.6 Å². The Balaban J connectivity index is 1.98. The first-order valence-corrected chi connectivity index (χ1v) is 7.63. The van der Waals surface area contributed by atoms with Crippen molar-refractivity contribution in [3.8, 4) is 11.3 Å². The number of benzene rings is 1. The molecular formula is C15H16ClFN4O2. The van der Waals surface area contributed by atoms with Crippen LogP contribution in [0.15, 0.2) is 24.7 Å². The van der Waals surface area contributed by atoms with Crippen molar-refractivity contribution in [1.29, 1.82) is 0 Å². The third-order valence-electron chi connectivity index (χ3n) is 3.72. The van der Waals surface area contributed by atoms with E-state index in [-0.39, 0.29) is 16.9 Å². The molecule has 0 radical (unpaired) electrons. The van der Waals surface area contributed by atoms with Crippen molar-refractivity contribution < 1.29 is 13.9 Å². The van der Waals surface area contributed by atoms with Crippen LogP contribution in [0.2, 0.25) is 5.02 Å². The highest BCUT2D eigenvalue weighted by Crippen LogP contribution is 2.35. The van der Waals surface area contributed by atoms with Crippen molar-refractivity contribution >= 4 is 23.3 Å². The molecule has 1 aliphatic rings. The van der Waals surface area contributed by atoms with E-state index in [1.165, 1.54) is 12.1 Å². The molecule has 2 aromatic rings. The van der Waals surface area contributed by atoms with Gasteiger partial charge in [-0.1, -0.05) is 11.6 Å². The van der Waals surface area contributed by atoms with Crippen LogP contribution in [-0.2, 0) is 4.74 Å². The molecule has 0 spiro atoms. The lowest BCUT2D eigenvalue weighted by atomic mass is 10.1. The molecule has 3 N–H and O–H groups in total. The molecule has 1 aliphatic heterocycles. The summed E-state index contributed by atoms with van der Waals surface area (Å²) in [7, 11) is 0. The standard InChI is InChI=1S/C15H16ClFN4O2/c16-10-6-12(20-15(18)22)11(17)5-9(10)13-7-19-8-21(13)14-3-1-2-4-23-14/h5-8,14H,1-4H2,(H3,18,20,22). The lowest BCUT2D eigenvalue weighted by Gasteiger charge is -2.25. The van der Waals surface area contributed by atoms with E-state index in [0.29, 0.717) is 17.9 Å². The van der Waals surface area contributed by atoms with Crippen molar-refractivity contribution in [3.05, 3.63) is 35.5 Å². The number of nitrogens with one attached hydrogen (secondary N) is 1. The van der Waals surface area contributed by atoms with Gasteiger partial charge in [-0.15, -0.1) is 0 Å². The first-order valence-electron chi connectivity index (χ1n) is 7.25. The zero-order valence-electron chi connectivity index (χ0n) is 12.3. The van der Waals surface area contributed by atoms with Crippen LogP contribution < -0.4 is 11.1 Å². The van der Waals surface area contributed by atoms with E-state index in [2.05, 4.69) is 10.3 Å². The zero-order chi connectivity index (χ0) is 16.4. The molecule has 122 valence electrons. The summed E-state index contributed by atoms with van der Waals surface area (Å²) in [6, 6.07) is 1.73. The summed E-state index contributed by atoms with van der Waals surface area (Å²) >= 11 is 6.25. The molecule has 8 heteroatoms. The second-order valence-electron chi connectivity index (χ2n) is 5.31.